The summed E-state index contributed by atoms with van der Waals surface area (Å²) in [7, 11) is 1.49. The van der Waals surface area contributed by atoms with Gasteiger partial charge in [-0.3, -0.25) is 4.79 Å². The van der Waals surface area contributed by atoms with Crippen LogP contribution in [0, 0.1) is 11.8 Å². The minimum absolute atomic E-state index is 0.120. The van der Waals surface area contributed by atoms with Gasteiger partial charge in [-0.2, -0.15) is 28.2 Å². The molecule has 0 spiro atoms. The van der Waals surface area contributed by atoms with Crippen LogP contribution in [0.25, 0.3) is 0 Å². The SMILES string of the molecule is COC[C@H](C)N(C(=O)C1CCC(C)CC1)c1ccc(Oc2ncc(CCn3nccn3)cc2C(F)(F)F)cc1C(=O)O. The van der Waals surface area contributed by atoms with Gasteiger partial charge in [0.05, 0.1) is 42.8 Å². The summed E-state index contributed by atoms with van der Waals surface area (Å²) in [4.78, 5) is 32.7. The average Bonchev–Trinajstić information content (AvgIpc) is 3.47. The first-order chi connectivity index (χ1) is 20.0. The fourth-order valence-electron chi connectivity index (χ4n) is 5.17. The van der Waals surface area contributed by atoms with Gasteiger partial charge in [-0.1, -0.05) is 6.92 Å². The molecule has 13 heteroatoms. The number of aromatic nitrogens is 4. The second kappa shape index (κ2) is 13.3. The largest absolute Gasteiger partial charge is 0.478 e. The Morgan fingerprint density at radius 1 is 1.14 bits per heavy atom. The van der Waals surface area contributed by atoms with Crippen LogP contribution in [0.4, 0.5) is 18.9 Å². The zero-order valence-corrected chi connectivity index (χ0v) is 23.7. The lowest BCUT2D eigenvalue weighted by Gasteiger charge is -2.35. The first-order valence-corrected chi connectivity index (χ1v) is 13.7. The highest BCUT2D eigenvalue weighted by Crippen LogP contribution is 2.39. The number of anilines is 1. The Labute approximate surface area is 241 Å². The lowest BCUT2D eigenvalue weighted by molar-refractivity contribution is -0.139. The molecule has 1 aliphatic rings. The van der Waals surface area contributed by atoms with Crippen LogP contribution in [0.2, 0.25) is 0 Å². The van der Waals surface area contributed by atoms with Crippen LogP contribution in [0.1, 0.15) is 61.0 Å². The number of carbonyl (C=O) groups excluding carboxylic acids is 1. The second-order valence-corrected chi connectivity index (χ2v) is 10.6. The summed E-state index contributed by atoms with van der Waals surface area (Å²) in [6.07, 6.45) is 2.80. The molecule has 1 amide bonds. The van der Waals surface area contributed by atoms with Crippen LogP contribution in [-0.4, -0.2) is 56.7 Å². The smallest absolute Gasteiger partial charge is 0.421 e. The van der Waals surface area contributed by atoms with Crippen LogP contribution in [0.3, 0.4) is 0 Å². The Morgan fingerprint density at radius 3 is 2.45 bits per heavy atom. The minimum atomic E-state index is -4.78. The van der Waals surface area contributed by atoms with E-state index in [2.05, 4.69) is 22.1 Å². The van der Waals surface area contributed by atoms with Crippen LogP contribution in [-0.2, 0) is 28.7 Å². The van der Waals surface area contributed by atoms with Crippen molar-refractivity contribution in [3.63, 3.8) is 0 Å². The Bertz CT molecular complexity index is 1370. The number of pyridine rings is 1. The predicted octanol–water partition coefficient (Wildman–Crippen LogP) is 5.62. The van der Waals surface area contributed by atoms with Gasteiger partial charge in [0.1, 0.15) is 11.3 Å². The first-order valence-electron chi connectivity index (χ1n) is 13.7. The van der Waals surface area contributed by atoms with Gasteiger partial charge in [0, 0.05) is 19.2 Å². The standard InChI is InChI=1S/C29H34F3N5O5/c1-18-4-6-21(7-5-18)27(38)37(19(2)17-41-3)25-9-8-22(15-23(25)28(39)40)42-26-24(29(30,31)32)14-20(16-33-26)10-13-36-34-11-12-35-36/h8-9,11-12,14-16,18-19,21H,4-7,10,13,17H2,1-3H3,(H,39,40)/t18?,19-,21?/m0/s1. The fraction of sp³-hybridized carbons (Fsp3) is 0.483. The fourth-order valence-corrected chi connectivity index (χ4v) is 5.17. The van der Waals surface area contributed by atoms with Crippen molar-refractivity contribution in [3.8, 4) is 11.6 Å². The van der Waals surface area contributed by atoms with Gasteiger partial charge in [-0.05, 0) is 74.8 Å². The maximum atomic E-state index is 14.0. The highest BCUT2D eigenvalue weighted by molar-refractivity contribution is 6.03. The zero-order chi connectivity index (χ0) is 30.4. The Morgan fingerprint density at radius 2 is 1.83 bits per heavy atom. The summed E-state index contributed by atoms with van der Waals surface area (Å²) in [5.74, 6) is -2.20. The molecule has 2 heterocycles. The summed E-state index contributed by atoms with van der Waals surface area (Å²) in [5, 5.41) is 17.9. The zero-order valence-electron chi connectivity index (χ0n) is 23.7. The Kier molecular flexibility index (Phi) is 9.81. The molecule has 0 radical (unpaired) electrons. The van der Waals surface area contributed by atoms with E-state index in [4.69, 9.17) is 9.47 Å². The van der Waals surface area contributed by atoms with Crippen molar-refractivity contribution in [2.45, 2.75) is 64.7 Å². The lowest BCUT2D eigenvalue weighted by atomic mass is 9.82. The number of carboxylic acid groups (broad SMARTS) is 1. The van der Waals surface area contributed by atoms with Gasteiger partial charge < -0.3 is 19.5 Å². The van der Waals surface area contributed by atoms with Crippen LogP contribution in [0.15, 0.2) is 42.9 Å². The van der Waals surface area contributed by atoms with Gasteiger partial charge in [0.25, 0.3) is 0 Å². The van der Waals surface area contributed by atoms with E-state index in [1.807, 2.05) is 0 Å². The van der Waals surface area contributed by atoms with Crippen molar-refractivity contribution < 1.29 is 37.3 Å². The molecule has 1 N–H and O–H groups in total. The highest BCUT2D eigenvalue weighted by atomic mass is 19.4. The molecule has 226 valence electrons. The van der Waals surface area contributed by atoms with Crippen molar-refractivity contribution in [3.05, 3.63) is 59.5 Å². The molecule has 0 unspecified atom stereocenters. The molecule has 1 aliphatic carbocycles. The molecule has 1 atom stereocenters. The number of hydrogen-bond acceptors (Lipinski definition) is 7. The summed E-state index contributed by atoms with van der Waals surface area (Å²) in [6.45, 7) is 4.31. The van der Waals surface area contributed by atoms with Crippen LogP contribution >= 0.6 is 0 Å². The van der Waals surface area contributed by atoms with E-state index >= 15 is 0 Å². The van der Waals surface area contributed by atoms with Crippen molar-refractivity contribution >= 4 is 17.6 Å². The van der Waals surface area contributed by atoms with E-state index in [1.54, 1.807) is 6.92 Å². The van der Waals surface area contributed by atoms with E-state index in [9.17, 15) is 27.9 Å². The maximum absolute atomic E-state index is 14.0. The number of aromatic carboxylic acids is 1. The average molecular weight is 590 g/mol. The molecule has 0 aliphatic heterocycles. The second-order valence-electron chi connectivity index (χ2n) is 10.6. The monoisotopic (exact) mass is 589 g/mol. The van der Waals surface area contributed by atoms with Crippen molar-refractivity contribution in [2.75, 3.05) is 18.6 Å². The lowest BCUT2D eigenvalue weighted by Crippen LogP contribution is -2.46. The van der Waals surface area contributed by atoms with E-state index < -0.39 is 29.6 Å². The number of aryl methyl sites for hydroxylation is 2. The number of rotatable bonds is 11. The van der Waals surface area contributed by atoms with Gasteiger partial charge in [-0.15, -0.1) is 0 Å². The number of benzene rings is 1. The molecule has 1 aromatic carbocycles. The third-order valence-electron chi connectivity index (χ3n) is 7.40. The van der Waals surface area contributed by atoms with E-state index in [0.717, 1.165) is 25.0 Å². The first kappa shape index (κ1) is 30.9. The normalized spacial score (nSPS) is 18.0. The third kappa shape index (κ3) is 7.44. The van der Waals surface area contributed by atoms with Crippen molar-refractivity contribution in [1.29, 1.82) is 0 Å². The number of hydrogen-bond donors (Lipinski definition) is 1. The number of ether oxygens (including phenoxy) is 2. The van der Waals surface area contributed by atoms with E-state index in [0.29, 0.717) is 24.3 Å². The number of carboxylic acids is 1. The molecule has 4 rings (SSSR count). The van der Waals surface area contributed by atoms with Gasteiger partial charge >= 0.3 is 12.1 Å². The molecule has 3 aromatic rings. The molecular formula is C29H34F3N5O5. The predicted molar refractivity (Wildman–Crippen MR) is 146 cm³/mol. The molecule has 0 saturated heterocycles. The van der Waals surface area contributed by atoms with Crippen molar-refractivity contribution in [2.24, 2.45) is 11.8 Å². The molecule has 2 aromatic heterocycles. The van der Waals surface area contributed by atoms with E-state index in [1.165, 1.54) is 47.5 Å². The molecular weight excluding hydrogens is 555 g/mol. The number of nitrogens with zero attached hydrogens (tertiary/aromatic N) is 5. The maximum Gasteiger partial charge on any atom is 0.421 e. The highest BCUT2D eigenvalue weighted by Gasteiger charge is 2.37. The summed E-state index contributed by atoms with van der Waals surface area (Å²) in [6, 6.07) is 4.28. The van der Waals surface area contributed by atoms with E-state index in [-0.39, 0.29) is 48.4 Å². The summed E-state index contributed by atoms with van der Waals surface area (Å²) < 4.78 is 52.7. The topological polar surface area (TPSA) is 120 Å². The van der Waals surface area contributed by atoms with Gasteiger partial charge in [-0.25, -0.2) is 9.78 Å². The van der Waals surface area contributed by atoms with Gasteiger partial charge in [0.15, 0.2) is 0 Å². The summed E-state index contributed by atoms with van der Waals surface area (Å²) in [5.41, 5.74) is -0.974. The number of alkyl halides is 3. The third-order valence-corrected chi connectivity index (χ3v) is 7.40. The number of halogens is 3. The number of methoxy groups -OCH3 is 1. The number of amides is 1. The van der Waals surface area contributed by atoms with Crippen molar-refractivity contribution in [1.82, 2.24) is 20.0 Å². The molecule has 0 bridgehead atoms. The molecule has 10 nitrogen and oxygen atoms in total. The number of carbonyl (C=O) groups is 2. The summed E-state index contributed by atoms with van der Waals surface area (Å²) >= 11 is 0. The van der Waals surface area contributed by atoms with Crippen LogP contribution < -0.4 is 9.64 Å². The molecule has 1 fully saturated rings. The quantitative estimate of drug-likeness (QED) is 0.306. The minimum Gasteiger partial charge on any atom is -0.478 e. The Hall–Kier alpha value is -4.00. The Balaban J connectivity index is 1.64. The van der Waals surface area contributed by atoms with Gasteiger partial charge in [0.2, 0.25) is 11.8 Å². The molecule has 42 heavy (non-hydrogen) atoms. The van der Waals surface area contributed by atoms with Crippen LogP contribution in [0.5, 0.6) is 11.6 Å². The molecule has 1 saturated carbocycles.